The Morgan fingerprint density at radius 3 is 2.74 bits per heavy atom. The van der Waals surface area contributed by atoms with E-state index < -0.39 is 0 Å². The molecule has 19 heavy (non-hydrogen) atoms. The van der Waals surface area contributed by atoms with E-state index in [1.165, 1.54) is 25.7 Å². The third kappa shape index (κ3) is 3.48. The van der Waals surface area contributed by atoms with Gasteiger partial charge < -0.3 is 9.64 Å². The summed E-state index contributed by atoms with van der Waals surface area (Å²) in [6.45, 7) is 3.72. The average Bonchev–Trinajstić information content (AvgIpc) is 3.02. The van der Waals surface area contributed by atoms with E-state index in [2.05, 4.69) is 17.1 Å². The lowest BCUT2D eigenvalue weighted by atomic mass is 10.0. The summed E-state index contributed by atoms with van der Waals surface area (Å²) >= 11 is 0. The van der Waals surface area contributed by atoms with E-state index in [0.717, 1.165) is 32.4 Å². The van der Waals surface area contributed by atoms with Crippen LogP contribution < -0.4 is 5.32 Å². The van der Waals surface area contributed by atoms with Crippen molar-refractivity contribution in [2.75, 3.05) is 20.3 Å². The van der Waals surface area contributed by atoms with Gasteiger partial charge in [-0.15, -0.1) is 0 Å². The summed E-state index contributed by atoms with van der Waals surface area (Å²) in [6.07, 6.45) is 8.42. The summed E-state index contributed by atoms with van der Waals surface area (Å²) in [6, 6.07) is 0.0538. The van der Waals surface area contributed by atoms with Crippen LogP contribution in [0.25, 0.3) is 0 Å². The lowest BCUT2D eigenvalue weighted by Gasteiger charge is -2.29. The van der Waals surface area contributed by atoms with E-state index in [9.17, 15) is 4.79 Å². The van der Waals surface area contributed by atoms with Crippen molar-refractivity contribution < 1.29 is 9.53 Å². The van der Waals surface area contributed by atoms with E-state index in [0.29, 0.717) is 11.8 Å². The molecule has 0 aromatic rings. The molecule has 2 atom stereocenters. The summed E-state index contributed by atoms with van der Waals surface area (Å²) in [7, 11) is 1.72. The summed E-state index contributed by atoms with van der Waals surface area (Å²) in [5.41, 5.74) is 0. The molecule has 4 nitrogen and oxygen atoms in total. The first-order valence-corrected chi connectivity index (χ1v) is 7.83. The maximum absolute atomic E-state index is 12.5. The van der Waals surface area contributed by atoms with Crippen LogP contribution in [0.2, 0.25) is 0 Å². The molecule has 1 saturated carbocycles. The number of hydrogen-bond donors (Lipinski definition) is 1. The molecule has 2 rings (SSSR count). The van der Waals surface area contributed by atoms with Gasteiger partial charge in [0.2, 0.25) is 5.91 Å². The fourth-order valence-corrected chi connectivity index (χ4v) is 3.49. The van der Waals surface area contributed by atoms with Crippen molar-refractivity contribution in [2.45, 2.75) is 64.1 Å². The molecule has 1 amide bonds. The number of carbonyl (C=O) groups excluding carboxylic acids is 1. The van der Waals surface area contributed by atoms with Gasteiger partial charge in [-0.2, -0.15) is 0 Å². The molecule has 1 aliphatic carbocycles. The van der Waals surface area contributed by atoms with Crippen LogP contribution >= 0.6 is 0 Å². The summed E-state index contributed by atoms with van der Waals surface area (Å²) in [4.78, 5) is 14.6. The molecule has 1 saturated heterocycles. The average molecular weight is 268 g/mol. The minimum absolute atomic E-state index is 0.0538. The normalized spacial score (nSPS) is 28.5. The first kappa shape index (κ1) is 14.8. The SMILES string of the molecule is CCCC1NC(C2CCCC2)N(CCCOC)C1=O. The third-order valence-electron chi connectivity index (χ3n) is 4.46. The topological polar surface area (TPSA) is 41.6 Å². The number of rotatable bonds is 7. The van der Waals surface area contributed by atoms with Gasteiger partial charge in [-0.05, 0) is 31.6 Å². The molecule has 1 N–H and O–H groups in total. The van der Waals surface area contributed by atoms with Gasteiger partial charge in [-0.1, -0.05) is 26.2 Å². The Morgan fingerprint density at radius 1 is 1.37 bits per heavy atom. The molecule has 0 aromatic heterocycles. The van der Waals surface area contributed by atoms with Crippen LogP contribution in [0.3, 0.4) is 0 Å². The highest BCUT2D eigenvalue weighted by Crippen LogP contribution is 2.32. The molecule has 0 spiro atoms. The van der Waals surface area contributed by atoms with Crippen molar-refractivity contribution in [3.63, 3.8) is 0 Å². The molecule has 4 heteroatoms. The van der Waals surface area contributed by atoms with Crippen LogP contribution in [0.15, 0.2) is 0 Å². The van der Waals surface area contributed by atoms with Crippen LogP contribution in [0.1, 0.15) is 51.9 Å². The number of amides is 1. The molecule has 110 valence electrons. The third-order valence-corrected chi connectivity index (χ3v) is 4.46. The monoisotopic (exact) mass is 268 g/mol. The van der Waals surface area contributed by atoms with Gasteiger partial charge in [-0.25, -0.2) is 0 Å². The number of carbonyl (C=O) groups is 1. The van der Waals surface area contributed by atoms with E-state index in [1.54, 1.807) is 7.11 Å². The zero-order valence-electron chi connectivity index (χ0n) is 12.4. The Balaban J connectivity index is 1.97. The maximum Gasteiger partial charge on any atom is 0.241 e. The highest BCUT2D eigenvalue weighted by Gasteiger charge is 2.42. The molecule has 0 aromatic carbocycles. The zero-order valence-corrected chi connectivity index (χ0v) is 12.4. The summed E-state index contributed by atoms with van der Waals surface area (Å²) < 4.78 is 5.11. The predicted molar refractivity (Wildman–Crippen MR) is 75.8 cm³/mol. The molecule has 2 unspecified atom stereocenters. The van der Waals surface area contributed by atoms with Gasteiger partial charge in [0.25, 0.3) is 0 Å². The van der Waals surface area contributed by atoms with Crippen LogP contribution in [0.4, 0.5) is 0 Å². The second-order valence-electron chi connectivity index (χ2n) is 5.88. The van der Waals surface area contributed by atoms with E-state index >= 15 is 0 Å². The number of ether oxygens (including phenoxy) is 1. The minimum atomic E-state index is 0.0538. The van der Waals surface area contributed by atoms with Gasteiger partial charge in [0.1, 0.15) is 0 Å². The molecule has 0 radical (unpaired) electrons. The van der Waals surface area contributed by atoms with Gasteiger partial charge in [0, 0.05) is 20.3 Å². The Kier molecular flexibility index (Phi) is 5.64. The lowest BCUT2D eigenvalue weighted by molar-refractivity contribution is -0.130. The fraction of sp³-hybridized carbons (Fsp3) is 0.933. The number of methoxy groups -OCH3 is 1. The molecule has 2 fully saturated rings. The quantitative estimate of drug-likeness (QED) is 0.719. The first-order valence-electron chi connectivity index (χ1n) is 7.83. The maximum atomic E-state index is 12.5. The van der Waals surface area contributed by atoms with Crippen molar-refractivity contribution in [1.29, 1.82) is 0 Å². The van der Waals surface area contributed by atoms with Crippen molar-refractivity contribution in [1.82, 2.24) is 10.2 Å². The second-order valence-corrected chi connectivity index (χ2v) is 5.88. The van der Waals surface area contributed by atoms with E-state index in [4.69, 9.17) is 4.74 Å². The summed E-state index contributed by atoms with van der Waals surface area (Å²) in [5.74, 6) is 0.975. The Labute approximate surface area is 116 Å². The fourth-order valence-electron chi connectivity index (χ4n) is 3.49. The highest BCUT2D eigenvalue weighted by atomic mass is 16.5. The smallest absolute Gasteiger partial charge is 0.241 e. The Hall–Kier alpha value is -0.610. The van der Waals surface area contributed by atoms with Gasteiger partial charge >= 0.3 is 0 Å². The number of nitrogens with zero attached hydrogens (tertiary/aromatic N) is 1. The van der Waals surface area contributed by atoms with Crippen molar-refractivity contribution >= 4 is 5.91 Å². The molecular formula is C15H28N2O2. The molecule has 1 aliphatic heterocycles. The van der Waals surface area contributed by atoms with Crippen molar-refractivity contribution in [3.05, 3.63) is 0 Å². The van der Waals surface area contributed by atoms with Gasteiger partial charge in [-0.3, -0.25) is 10.1 Å². The molecule has 2 aliphatic rings. The minimum Gasteiger partial charge on any atom is -0.385 e. The predicted octanol–water partition coefficient (Wildman–Crippen LogP) is 2.14. The molecular weight excluding hydrogens is 240 g/mol. The molecule has 1 heterocycles. The van der Waals surface area contributed by atoms with E-state index in [1.807, 2.05) is 0 Å². The van der Waals surface area contributed by atoms with Crippen molar-refractivity contribution in [2.24, 2.45) is 5.92 Å². The van der Waals surface area contributed by atoms with Gasteiger partial charge in [0.05, 0.1) is 12.2 Å². The number of hydrogen-bond acceptors (Lipinski definition) is 3. The first-order chi connectivity index (χ1) is 9.27. The Morgan fingerprint density at radius 2 is 2.11 bits per heavy atom. The zero-order chi connectivity index (χ0) is 13.7. The summed E-state index contributed by atoms with van der Waals surface area (Å²) in [5, 5.41) is 3.60. The van der Waals surface area contributed by atoms with Crippen LogP contribution in [0.5, 0.6) is 0 Å². The van der Waals surface area contributed by atoms with Crippen LogP contribution in [0, 0.1) is 5.92 Å². The molecule has 0 bridgehead atoms. The van der Waals surface area contributed by atoms with E-state index in [-0.39, 0.29) is 12.2 Å². The van der Waals surface area contributed by atoms with Crippen molar-refractivity contribution in [3.8, 4) is 0 Å². The van der Waals surface area contributed by atoms with Gasteiger partial charge in [0.15, 0.2) is 0 Å². The lowest BCUT2D eigenvalue weighted by Crippen LogP contribution is -2.43. The Bertz CT molecular complexity index is 290. The van der Waals surface area contributed by atoms with Crippen LogP contribution in [-0.2, 0) is 9.53 Å². The standard InChI is InChI=1S/C15H28N2O2/c1-3-7-13-15(18)17(10-6-11-19-2)14(16-13)12-8-4-5-9-12/h12-14,16H,3-11H2,1-2H3. The second kappa shape index (κ2) is 7.25. The largest absolute Gasteiger partial charge is 0.385 e. The number of nitrogens with one attached hydrogen (secondary N) is 1. The highest BCUT2D eigenvalue weighted by molar-refractivity contribution is 5.84. The van der Waals surface area contributed by atoms with Crippen LogP contribution in [-0.4, -0.2) is 43.3 Å².